The van der Waals surface area contributed by atoms with Crippen molar-refractivity contribution in [3.63, 3.8) is 0 Å². The molecule has 0 saturated carbocycles. The molecule has 21 heavy (non-hydrogen) atoms. The predicted molar refractivity (Wildman–Crippen MR) is 82.9 cm³/mol. The number of carbonyl (C=O) groups excluding carboxylic acids is 1. The molecule has 0 aliphatic carbocycles. The van der Waals surface area contributed by atoms with Crippen LogP contribution in [0.4, 0.5) is 11.4 Å². The van der Waals surface area contributed by atoms with Gasteiger partial charge in [-0.2, -0.15) is 0 Å². The quantitative estimate of drug-likeness (QED) is 0.584. The molecule has 0 radical (unpaired) electrons. The van der Waals surface area contributed by atoms with E-state index in [2.05, 4.69) is 5.32 Å². The molecule has 0 aromatic heterocycles. The highest BCUT2D eigenvalue weighted by Gasteiger charge is 2.18. The average Bonchev–Trinajstić information content (AvgIpc) is 2.68. The molecule has 2 aromatic rings. The topological polar surface area (TPSA) is 88.2 Å². The Balaban J connectivity index is 2.13. The van der Waals surface area contributed by atoms with Gasteiger partial charge in [0.15, 0.2) is 5.75 Å². The molecule has 3 rings (SSSR count). The third-order valence-corrected chi connectivity index (χ3v) is 3.42. The molecule has 1 aliphatic rings. The normalized spacial score (nSPS) is 13.6. The fraction of sp³-hybridized carbons (Fsp3) is 0.125. The van der Waals surface area contributed by atoms with Crippen molar-refractivity contribution in [3.05, 3.63) is 42.0 Å². The van der Waals surface area contributed by atoms with Crippen LogP contribution in [0.15, 0.2) is 36.4 Å². The number of hydrogen-bond donors (Lipinski definition) is 3. The van der Waals surface area contributed by atoms with Crippen molar-refractivity contribution < 1.29 is 9.53 Å². The lowest BCUT2D eigenvalue weighted by Gasteiger charge is -2.13. The summed E-state index contributed by atoms with van der Waals surface area (Å²) >= 11 is 0. The van der Waals surface area contributed by atoms with Gasteiger partial charge in [0.1, 0.15) is 0 Å². The lowest BCUT2D eigenvalue weighted by atomic mass is 10.0. The molecular weight excluding hydrogens is 266 g/mol. The summed E-state index contributed by atoms with van der Waals surface area (Å²) < 4.78 is 5.74. The molecule has 5 nitrogen and oxygen atoms in total. The van der Waals surface area contributed by atoms with Crippen molar-refractivity contribution in [2.24, 2.45) is 0 Å². The first-order valence-electron chi connectivity index (χ1n) is 6.65. The third kappa shape index (κ3) is 2.45. The van der Waals surface area contributed by atoms with Gasteiger partial charge in [0, 0.05) is 23.0 Å². The van der Waals surface area contributed by atoms with Gasteiger partial charge in [0.2, 0.25) is 5.91 Å². The summed E-state index contributed by atoms with van der Waals surface area (Å²) in [7, 11) is 0. The lowest BCUT2D eigenvalue weighted by molar-refractivity contribution is -0.116. The van der Waals surface area contributed by atoms with Gasteiger partial charge in [-0.3, -0.25) is 4.79 Å². The molecule has 1 heterocycles. The van der Waals surface area contributed by atoms with Crippen molar-refractivity contribution >= 4 is 23.5 Å². The Hall–Kier alpha value is -2.82. The maximum Gasteiger partial charge on any atom is 0.227 e. The highest BCUT2D eigenvalue weighted by Crippen LogP contribution is 2.38. The van der Waals surface area contributed by atoms with Crippen LogP contribution in [0.3, 0.4) is 0 Å². The number of nitrogens with one attached hydrogen (secondary N) is 2. The highest BCUT2D eigenvalue weighted by molar-refractivity contribution is 5.96. The van der Waals surface area contributed by atoms with Crippen LogP contribution in [-0.4, -0.2) is 18.7 Å². The SMILES string of the molecule is N=Cc1cc(-c2cccc3c2OCCC(=O)N3)ccc1N. The average molecular weight is 281 g/mol. The Morgan fingerprint density at radius 2 is 2.14 bits per heavy atom. The van der Waals surface area contributed by atoms with Crippen LogP contribution >= 0.6 is 0 Å². The van der Waals surface area contributed by atoms with Gasteiger partial charge >= 0.3 is 0 Å². The van der Waals surface area contributed by atoms with Crippen LogP contribution in [0.25, 0.3) is 11.1 Å². The summed E-state index contributed by atoms with van der Waals surface area (Å²) in [6, 6.07) is 11.1. The minimum atomic E-state index is -0.0524. The number of ether oxygens (including phenoxy) is 1. The molecule has 0 fully saturated rings. The second-order valence-corrected chi connectivity index (χ2v) is 4.82. The Morgan fingerprint density at radius 1 is 1.29 bits per heavy atom. The maximum atomic E-state index is 11.6. The second kappa shape index (κ2) is 5.28. The van der Waals surface area contributed by atoms with Crippen molar-refractivity contribution in [2.75, 3.05) is 17.7 Å². The van der Waals surface area contributed by atoms with Gasteiger partial charge < -0.3 is 21.2 Å². The number of amides is 1. The molecule has 0 saturated heterocycles. The van der Waals surface area contributed by atoms with Gasteiger partial charge in [-0.1, -0.05) is 18.2 Å². The second-order valence-electron chi connectivity index (χ2n) is 4.82. The number of benzene rings is 2. The van der Waals surface area contributed by atoms with E-state index >= 15 is 0 Å². The van der Waals surface area contributed by atoms with Gasteiger partial charge in [-0.15, -0.1) is 0 Å². The van der Waals surface area contributed by atoms with E-state index in [-0.39, 0.29) is 5.91 Å². The van der Waals surface area contributed by atoms with E-state index in [1.54, 1.807) is 6.07 Å². The summed E-state index contributed by atoms with van der Waals surface area (Å²) in [5, 5.41) is 10.2. The number of rotatable bonds is 2. The standard InChI is InChI=1S/C16H15N3O2/c17-9-11-8-10(4-5-13(11)18)12-2-1-3-14-16(12)21-7-6-15(20)19-14/h1-5,8-9,17H,6-7,18H2,(H,19,20). The molecule has 106 valence electrons. The zero-order chi connectivity index (χ0) is 14.8. The van der Waals surface area contributed by atoms with E-state index in [1.807, 2.05) is 30.3 Å². The number of anilines is 2. The largest absolute Gasteiger partial charge is 0.490 e. The summed E-state index contributed by atoms with van der Waals surface area (Å²) in [4.78, 5) is 11.6. The summed E-state index contributed by atoms with van der Waals surface area (Å²) in [6.45, 7) is 0.349. The molecule has 1 amide bonds. The third-order valence-electron chi connectivity index (χ3n) is 3.42. The summed E-state index contributed by atoms with van der Waals surface area (Å²) in [5.74, 6) is 0.604. The summed E-state index contributed by atoms with van der Waals surface area (Å²) in [5.41, 5.74) is 9.48. The van der Waals surface area contributed by atoms with Crippen LogP contribution in [-0.2, 0) is 4.79 Å². The van der Waals surface area contributed by atoms with Gasteiger partial charge in [-0.25, -0.2) is 0 Å². The Kier molecular flexibility index (Phi) is 3.31. The first-order valence-corrected chi connectivity index (χ1v) is 6.65. The molecule has 0 atom stereocenters. The first-order chi connectivity index (χ1) is 10.2. The fourth-order valence-corrected chi connectivity index (χ4v) is 2.34. The molecule has 0 spiro atoms. The van der Waals surface area contributed by atoms with Crippen molar-refractivity contribution in [1.82, 2.24) is 0 Å². The Morgan fingerprint density at radius 3 is 2.95 bits per heavy atom. The van der Waals surface area contributed by atoms with Crippen LogP contribution in [0.1, 0.15) is 12.0 Å². The Labute approximate surface area is 122 Å². The predicted octanol–water partition coefficient (Wildman–Crippen LogP) is 2.65. The molecule has 4 N–H and O–H groups in total. The van der Waals surface area contributed by atoms with E-state index in [1.165, 1.54) is 6.21 Å². The van der Waals surface area contributed by atoms with E-state index in [0.717, 1.165) is 11.1 Å². The number of carbonyl (C=O) groups is 1. The zero-order valence-corrected chi connectivity index (χ0v) is 11.3. The minimum Gasteiger partial charge on any atom is -0.490 e. The first kappa shape index (κ1) is 13.2. The van der Waals surface area contributed by atoms with Crippen LogP contribution in [0.5, 0.6) is 5.75 Å². The molecule has 5 heteroatoms. The molecular formula is C16H15N3O2. The number of para-hydroxylation sites is 1. The van der Waals surface area contributed by atoms with Gasteiger partial charge in [-0.05, 0) is 23.8 Å². The van der Waals surface area contributed by atoms with E-state index in [4.69, 9.17) is 15.9 Å². The van der Waals surface area contributed by atoms with E-state index in [0.29, 0.717) is 35.7 Å². The number of nitrogen functional groups attached to an aromatic ring is 1. The fourth-order valence-electron chi connectivity index (χ4n) is 2.34. The molecule has 2 aromatic carbocycles. The van der Waals surface area contributed by atoms with Crippen LogP contribution < -0.4 is 15.8 Å². The van der Waals surface area contributed by atoms with Crippen LogP contribution in [0.2, 0.25) is 0 Å². The molecule has 0 bridgehead atoms. The molecule has 1 aliphatic heterocycles. The number of hydrogen-bond acceptors (Lipinski definition) is 4. The van der Waals surface area contributed by atoms with Crippen LogP contribution in [0, 0.1) is 5.41 Å². The molecule has 0 unspecified atom stereocenters. The van der Waals surface area contributed by atoms with E-state index in [9.17, 15) is 4.79 Å². The monoisotopic (exact) mass is 281 g/mol. The number of nitrogens with two attached hydrogens (primary N) is 1. The lowest BCUT2D eigenvalue weighted by Crippen LogP contribution is -2.10. The van der Waals surface area contributed by atoms with Gasteiger partial charge in [0.05, 0.1) is 18.7 Å². The zero-order valence-electron chi connectivity index (χ0n) is 11.3. The Bertz CT molecular complexity index is 725. The number of fused-ring (bicyclic) bond motifs is 1. The van der Waals surface area contributed by atoms with Crippen molar-refractivity contribution in [2.45, 2.75) is 6.42 Å². The smallest absolute Gasteiger partial charge is 0.227 e. The van der Waals surface area contributed by atoms with Crippen molar-refractivity contribution in [3.8, 4) is 16.9 Å². The van der Waals surface area contributed by atoms with Gasteiger partial charge in [0.25, 0.3) is 0 Å². The minimum absolute atomic E-state index is 0.0524. The van der Waals surface area contributed by atoms with E-state index < -0.39 is 0 Å². The maximum absolute atomic E-state index is 11.6. The highest BCUT2D eigenvalue weighted by atomic mass is 16.5. The summed E-state index contributed by atoms with van der Waals surface area (Å²) in [6.07, 6.45) is 1.56. The van der Waals surface area contributed by atoms with Crippen molar-refractivity contribution in [1.29, 1.82) is 5.41 Å².